The molecule has 0 radical (unpaired) electrons. The number of piperidine rings is 1. The van der Waals surface area contributed by atoms with Gasteiger partial charge in [-0.05, 0) is 61.9 Å². The largest absolute Gasteiger partial charge is 0.379 e. The van der Waals surface area contributed by atoms with E-state index in [2.05, 4.69) is 46.4 Å². The Morgan fingerprint density at radius 3 is 1.57 bits per heavy atom. The fourth-order valence-corrected chi connectivity index (χ4v) is 3.94. The molecule has 1 heterocycles. The molecule has 0 spiro atoms. The monoisotopic (exact) mass is 429 g/mol. The lowest BCUT2D eigenvalue weighted by molar-refractivity contribution is -0.00551. The highest BCUT2D eigenvalue weighted by atomic mass is 16.6. The smallest absolute Gasteiger partial charge is 0.0701 e. The molecule has 5 heteroatoms. The fraction of sp³-hybridized carbons (Fsp3) is 1.00. The Morgan fingerprint density at radius 2 is 1.10 bits per heavy atom. The van der Waals surface area contributed by atoms with Crippen LogP contribution < -0.4 is 0 Å². The number of likely N-dealkylation sites (tertiary alicyclic amines) is 1. The van der Waals surface area contributed by atoms with E-state index in [-0.39, 0.29) is 0 Å². The minimum absolute atomic E-state index is 0.393. The molecule has 0 amide bonds. The number of hydrogen-bond acceptors (Lipinski definition) is 5. The van der Waals surface area contributed by atoms with Crippen LogP contribution in [0.4, 0.5) is 0 Å². The van der Waals surface area contributed by atoms with Gasteiger partial charge in [-0.15, -0.1) is 0 Å². The van der Waals surface area contributed by atoms with Crippen molar-refractivity contribution < 1.29 is 18.9 Å². The van der Waals surface area contributed by atoms with Crippen molar-refractivity contribution in [3.8, 4) is 0 Å². The van der Waals surface area contributed by atoms with E-state index in [0.717, 1.165) is 32.1 Å². The first-order valence-corrected chi connectivity index (χ1v) is 12.2. The van der Waals surface area contributed by atoms with E-state index in [1.807, 2.05) is 0 Å². The Morgan fingerprint density at radius 1 is 0.633 bits per heavy atom. The van der Waals surface area contributed by atoms with Gasteiger partial charge in [-0.2, -0.15) is 0 Å². The van der Waals surface area contributed by atoms with Crippen LogP contribution in [0.2, 0.25) is 0 Å². The zero-order valence-corrected chi connectivity index (χ0v) is 21.0. The fourth-order valence-electron chi connectivity index (χ4n) is 3.94. The zero-order valence-electron chi connectivity index (χ0n) is 21.0. The molecule has 0 bridgehead atoms. The van der Waals surface area contributed by atoms with Crippen molar-refractivity contribution in [2.45, 2.75) is 73.6 Å². The third kappa shape index (κ3) is 17.5. The minimum atomic E-state index is 0.393. The summed E-state index contributed by atoms with van der Waals surface area (Å²) in [6.45, 7) is 22.8. The Hall–Kier alpha value is -0.200. The summed E-state index contributed by atoms with van der Waals surface area (Å²) in [6.07, 6.45) is 6.33. The van der Waals surface area contributed by atoms with Gasteiger partial charge in [0.25, 0.3) is 0 Å². The summed E-state index contributed by atoms with van der Waals surface area (Å²) < 4.78 is 22.4. The molecule has 5 nitrogen and oxygen atoms in total. The SMILES string of the molecule is CC(C)(C)CCCOCCOCCOCCOCCN1CCC(CC(C)(C)C)CC1. The summed E-state index contributed by atoms with van der Waals surface area (Å²) in [6, 6.07) is 0. The summed E-state index contributed by atoms with van der Waals surface area (Å²) in [5.74, 6) is 0.901. The van der Waals surface area contributed by atoms with Gasteiger partial charge in [-0.1, -0.05) is 41.5 Å². The van der Waals surface area contributed by atoms with E-state index in [1.54, 1.807) is 0 Å². The maximum atomic E-state index is 5.72. The third-order valence-electron chi connectivity index (χ3n) is 5.49. The predicted molar refractivity (Wildman–Crippen MR) is 125 cm³/mol. The van der Waals surface area contributed by atoms with Gasteiger partial charge in [0.05, 0.1) is 46.2 Å². The van der Waals surface area contributed by atoms with Gasteiger partial charge in [-0.25, -0.2) is 0 Å². The number of ether oxygens (including phenoxy) is 4. The lowest BCUT2D eigenvalue weighted by Crippen LogP contribution is -2.37. The molecule has 0 aromatic rings. The van der Waals surface area contributed by atoms with Gasteiger partial charge in [-0.3, -0.25) is 0 Å². The summed E-state index contributed by atoms with van der Waals surface area (Å²) in [7, 11) is 0. The molecule has 0 atom stereocenters. The summed E-state index contributed by atoms with van der Waals surface area (Å²) >= 11 is 0. The average Bonchev–Trinajstić information content (AvgIpc) is 2.64. The number of rotatable bonds is 16. The predicted octanol–water partition coefficient (Wildman–Crippen LogP) is 5.03. The summed E-state index contributed by atoms with van der Waals surface area (Å²) in [4.78, 5) is 2.54. The molecule has 180 valence electrons. The molecule has 0 N–H and O–H groups in total. The molecule has 1 rings (SSSR count). The molecular formula is C25H51NO4. The maximum absolute atomic E-state index is 5.72. The van der Waals surface area contributed by atoms with Crippen molar-refractivity contribution in [1.29, 1.82) is 0 Å². The van der Waals surface area contributed by atoms with Gasteiger partial charge in [0.15, 0.2) is 0 Å². The van der Waals surface area contributed by atoms with Crippen LogP contribution in [0, 0.1) is 16.7 Å². The van der Waals surface area contributed by atoms with Crippen LogP contribution in [-0.2, 0) is 18.9 Å². The van der Waals surface area contributed by atoms with E-state index in [1.165, 1.54) is 38.8 Å². The molecule has 1 aliphatic heterocycles. The van der Waals surface area contributed by atoms with Gasteiger partial charge in [0.1, 0.15) is 0 Å². The molecule has 1 saturated heterocycles. The van der Waals surface area contributed by atoms with Crippen LogP contribution in [-0.4, -0.2) is 77.4 Å². The lowest BCUT2D eigenvalue weighted by Gasteiger charge is -2.34. The van der Waals surface area contributed by atoms with Crippen molar-refractivity contribution in [3.63, 3.8) is 0 Å². The second kappa shape index (κ2) is 15.6. The molecular weight excluding hydrogens is 378 g/mol. The molecule has 1 fully saturated rings. The van der Waals surface area contributed by atoms with Crippen LogP contribution in [0.1, 0.15) is 73.6 Å². The van der Waals surface area contributed by atoms with Gasteiger partial charge >= 0.3 is 0 Å². The van der Waals surface area contributed by atoms with E-state index in [0.29, 0.717) is 50.5 Å². The Balaban J connectivity index is 1.78. The van der Waals surface area contributed by atoms with E-state index >= 15 is 0 Å². The summed E-state index contributed by atoms with van der Waals surface area (Å²) in [5, 5.41) is 0. The van der Waals surface area contributed by atoms with E-state index in [9.17, 15) is 0 Å². The lowest BCUT2D eigenvalue weighted by atomic mass is 9.80. The van der Waals surface area contributed by atoms with Crippen LogP contribution in [0.15, 0.2) is 0 Å². The second-order valence-corrected chi connectivity index (χ2v) is 11.2. The molecule has 30 heavy (non-hydrogen) atoms. The first-order chi connectivity index (χ1) is 14.2. The molecule has 0 aromatic carbocycles. The first kappa shape index (κ1) is 27.8. The van der Waals surface area contributed by atoms with Gasteiger partial charge in [0.2, 0.25) is 0 Å². The van der Waals surface area contributed by atoms with Crippen LogP contribution >= 0.6 is 0 Å². The van der Waals surface area contributed by atoms with E-state index in [4.69, 9.17) is 18.9 Å². The van der Waals surface area contributed by atoms with Crippen LogP contribution in [0.5, 0.6) is 0 Å². The molecule has 0 saturated carbocycles. The maximum Gasteiger partial charge on any atom is 0.0701 e. The number of nitrogens with zero attached hydrogens (tertiary/aromatic N) is 1. The average molecular weight is 430 g/mol. The van der Waals surface area contributed by atoms with Crippen molar-refractivity contribution in [3.05, 3.63) is 0 Å². The second-order valence-electron chi connectivity index (χ2n) is 11.2. The highest BCUT2D eigenvalue weighted by Gasteiger charge is 2.23. The van der Waals surface area contributed by atoms with Crippen molar-refractivity contribution in [2.24, 2.45) is 16.7 Å². The molecule has 0 aliphatic carbocycles. The third-order valence-corrected chi connectivity index (χ3v) is 5.49. The summed E-state index contributed by atoms with van der Waals surface area (Å²) in [5.41, 5.74) is 0.852. The van der Waals surface area contributed by atoms with E-state index < -0.39 is 0 Å². The Labute approximate surface area is 187 Å². The number of hydrogen-bond donors (Lipinski definition) is 0. The van der Waals surface area contributed by atoms with Crippen molar-refractivity contribution in [2.75, 3.05) is 72.5 Å². The molecule has 0 unspecified atom stereocenters. The Bertz CT molecular complexity index is 395. The molecule has 1 aliphatic rings. The first-order valence-electron chi connectivity index (χ1n) is 12.2. The highest BCUT2D eigenvalue weighted by Crippen LogP contribution is 2.30. The highest BCUT2D eigenvalue weighted by molar-refractivity contribution is 4.76. The van der Waals surface area contributed by atoms with Gasteiger partial charge < -0.3 is 23.8 Å². The minimum Gasteiger partial charge on any atom is -0.379 e. The topological polar surface area (TPSA) is 40.2 Å². The normalized spacial score (nSPS) is 17.0. The standard InChI is InChI=1S/C25H51NO4/c1-24(2,3)10-7-14-27-16-18-29-20-21-30-19-17-28-15-13-26-11-8-23(9-12-26)22-25(4,5)6/h23H,7-22H2,1-6H3. The zero-order chi connectivity index (χ0) is 22.3. The quantitative estimate of drug-likeness (QED) is 0.322. The van der Waals surface area contributed by atoms with Crippen molar-refractivity contribution in [1.82, 2.24) is 4.90 Å². The molecule has 0 aromatic heterocycles. The Kier molecular flexibility index (Phi) is 14.5. The van der Waals surface area contributed by atoms with Gasteiger partial charge in [0, 0.05) is 13.2 Å². The van der Waals surface area contributed by atoms with Crippen LogP contribution in [0.3, 0.4) is 0 Å². The van der Waals surface area contributed by atoms with Crippen molar-refractivity contribution >= 4 is 0 Å². The van der Waals surface area contributed by atoms with Crippen LogP contribution in [0.25, 0.3) is 0 Å².